The van der Waals surface area contributed by atoms with Gasteiger partial charge in [0.25, 0.3) is 5.91 Å². The second kappa shape index (κ2) is 6.91. The molecule has 2 aromatic carbocycles. The summed E-state index contributed by atoms with van der Waals surface area (Å²) in [5.74, 6) is -0.280. The predicted molar refractivity (Wildman–Crippen MR) is 93.1 cm³/mol. The largest absolute Gasteiger partial charge is 0.354 e. The molecule has 5 heteroatoms. The molecule has 3 rings (SSSR count). The van der Waals surface area contributed by atoms with Crippen molar-refractivity contribution < 1.29 is 9.18 Å². The van der Waals surface area contributed by atoms with Gasteiger partial charge in [0.05, 0.1) is 11.9 Å². The molecule has 0 aliphatic rings. The molecular formula is C19H16FN3O. The molecule has 0 atom stereocenters. The molecule has 3 aromatic rings. The number of pyridine rings is 1. The SMILES string of the molecule is Cc1ccccc1Nc1ccc(NC(=O)c2ccc(F)cc2)nc1. The number of carbonyl (C=O) groups is 1. The minimum Gasteiger partial charge on any atom is -0.354 e. The van der Waals surface area contributed by atoms with E-state index in [1.807, 2.05) is 37.3 Å². The minimum absolute atomic E-state index is 0.331. The Morgan fingerprint density at radius 2 is 1.75 bits per heavy atom. The fourth-order valence-corrected chi connectivity index (χ4v) is 2.20. The minimum atomic E-state index is -0.378. The molecule has 0 radical (unpaired) electrons. The number of benzene rings is 2. The molecule has 1 amide bonds. The lowest BCUT2D eigenvalue weighted by atomic mass is 10.2. The van der Waals surface area contributed by atoms with Gasteiger partial charge >= 0.3 is 0 Å². The second-order valence-electron chi connectivity index (χ2n) is 5.33. The summed E-state index contributed by atoms with van der Waals surface area (Å²) in [5.41, 5.74) is 3.33. The van der Waals surface area contributed by atoms with Crippen LogP contribution in [0.3, 0.4) is 0 Å². The number of nitrogens with one attached hydrogen (secondary N) is 2. The third-order valence-electron chi connectivity index (χ3n) is 3.54. The van der Waals surface area contributed by atoms with Gasteiger partial charge in [-0.05, 0) is 55.0 Å². The topological polar surface area (TPSA) is 54.0 Å². The summed E-state index contributed by atoms with van der Waals surface area (Å²) >= 11 is 0. The van der Waals surface area contributed by atoms with Crippen molar-refractivity contribution in [2.45, 2.75) is 6.92 Å². The third kappa shape index (κ3) is 3.76. The van der Waals surface area contributed by atoms with Crippen molar-refractivity contribution in [1.29, 1.82) is 0 Å². The van der Waals surface area contributed by atoms with E-state index in [0.29, 0.717) is 11.4 Å². The third-order valence-corrected chi connectivity index (χ3v) is 3.54. The number of anilines is 3. The van der Waals surface area contributed by atoms with E-state index in [9.17, 15) is 9.18 Å². The summed E-state index contributed by atoms with van der Waals surface area (Å²) in [4.78, 5) is 16.3. The van der Waals surface area contributed by atoms with Gasteiger partial charge in [0, 0.05) is 11.3 Å². The number of hydrogen-bond donors (Lipinski definition) is 2. The highest BCUT2D eigenvalue weighted by atomic mass is 19.1. The Kier molecular flexibility index (Phi) is 4.52. The van der Waals surface area contributed by atoms with Crippen LogP contribution in [0.15, 0.2) is 66.9 Å². The van der Waals surface area contributed by atoms with Crippen LogP contribution in [0.25, 0.3) is 0 Å². The van der Waals surface area contributed by atoms with Gasteiger partial charge in [-0.1, -0.05) is 18.2 Å². The Morgan fingerprint density at radius 1 is 1.00 bits per heavy atom. The summed E-state index contributed by atoms with van der Waals surface area (Å²) in [6.07, 6.45) is 1.65. The average molecular weight is 321 g/mol. The number of amides is 1. The molecular weight excluding hydrogens is 305 g/mol. The number of carbonyl (C=O) groups excluding carboxylic acids is 1. The lowest BCUT2D eigenvalue weighted by Gasteiger charge is -2.10. The number of rotatable bonds is 4. The Labute approximate surface area is 139 Å². The van der Waals surface area contributed by atoms with Gasteiger partial charge in [0.15, 0.2) is 0 Å². The second-order valence-corrected chi connectivity index (χ2v) is 5.33. The van der Waals surface area contributed by atoms with Crippen LogP contribution in [0.1, 0.15) is 15.9 Å². The average Bonchev–Trinajstić information content (AvgIpc) is 2.59. The molecule has 0 saturated heterocycles. The number of aromatic nitrogens is 1. The summed E-state index contributed by atoms with van der Waals surface area (Å²) < 4.78 is 12.9. The molecule has 0 spiro atoms. The van der Waals surface area contributed by atoms with Crippen molar-refractivity contribution in [1.82, 2.24) is 4.98 Å². The molecule has 120 valence electrons. The first-order valence-electron chi connectivity index (χ1n) is 7.47. The van der Waals surface area contributed by atoms with E-state index in [0.717, 1.165) is 16.9 Å². The van der Waals surface area contributed by atoms with Crippen LogP contribution < -0.4 is 10.6 Å². The fourth-order valence-electron chi connectivity index (χ4n) is 2.20. The van der Waals surface area contributed by atoms with Crippen LogP contribution in [-0.4, -0.2) is 10.9 Å². The van der Waals surface area contributed by atoms with Gasteiger partial charge in [-0.15, -0.1) is 0 Å². The predicted octanol–water partition coefficient (Wildman–Crippen LogP) is 4.53. The maximum absolute atomic E-state index is 12.9. The van der Waals surface area contributed by atoms with Gasteiger partial charge in [0.2, 0.25) is 0 Å². The van der Waals surface area contributed by atoms with Crippen LogP contribution >= 0.6 is 0 Å². The van der Waals surface area contributed by atoms with E-state index >= 15 is 0 Å². The number of hydrogen-bond acceptors (Lipinski definition) is 3. The van der Waals surface area contributed by atoms with E-state index in [1.54, 1.807) is 12.3 Å². The van der Waals surface area contributed by atoms with E-state index < -0.39 is 0 Å². The highest BCUT2D eigenvalue weighted by Crippen LogP contribution is 2.20. The molecule has 0 saturated carbocycles. The van der Waals surface area contributed by atoms with Crippen LogP contribution in [0.2, 0.25) is 0 Å². The van der Waals surface area contributed by atoms with Crippen molar-refractivity contribution in [3.05, 3.63) is 83.8 Å². The van der Waals surface area contributed by atoms with E-state index in [-0.39, 0.29) is 11.7 Å². The zero-order valence-electron chi connectivity index (χ0n) is 13.1. The standard InChI is InChI=1S/C19H16FN3O/c1-13-4-2-3-5-17(13)22-16-10-11-18(21-12-16)23-19(24)14-6-8-15(20)9-7-14/h2-12,22H,1H3,(H,21,23,24). The molecule has 0 fully saturated rings. The van der Waals surface area contributed by atoms with E-state index in [1.165, 1.54) is 24.3 Å². The first-order chi connectivity index (χ1) is 11.6. The summed E-state index contributed by atoms with van der Waals surface area (Å²) in [6.45, 7) is 2.02. The smallest absolute Gasteiger partial charge is 0.256 e. The summed E-state index contributed by atoms with van der Waals surface area (Å²) in [7, 11) is 0. The molecule has 1 heterocycles. The van der Waals surface area contributed by atoms with Crippen LogP contribution in [-0.2, 0) is 0 Å². The molecule has 2 N–H and O–H groups in total. The monoisotopic (exact) mass is 321 g/mol. The maximum atomic E-state index is 12.9. The van der Waals surface area contributed by atoms with Crippen LogP contribution in [0.5, 0.6) is 0 Å². The first-order valence-corrected chi connectivity index (χ1v) is 7.47. The molecule has 0 bridgehead atoms. The van der Waals surface area contributed by atoms with E-state index in [2.05, 4.69) is 15.6 Å². The van der Waals surface area contributed by atoms with Gasteiger partial charge < -0.3 is 10.6 Å². The number of aryl methyl sites for hydroxylation is 1. The molecule has 24 heavy (non-hydrogen) atoms. The van der Waals surface area contributed by atoms with Crippen LogP contribution in [0.4, 0.5) is 21.6 Å². The Bertz CT molecular complexity index is 845. The highest BCUT2D eigenvalue weighted by molar-refractivity contribution is 6.03. The van der Waals surface area contributed by atoms with Gasteiger partial charge in [-0.25, -0.2) is 9.37 Å². The summed E-state index contributed by atoms with van der Waals surface area (Å²) in [6, 6.07) is 16.8. The Hall–Kier alpha value is -3.21. The molecule has 0 unspecified atom stereocenters. The van der Waals surface area contributed by atoms with Gasteiger partial charge in [-0.2, -0.15) is 0 Å². The molecule has 4 nitrogen and oxygen atoms in total. The number of para-hydroxylation sites is 1. The lowest BCUT2D eigenvalue weighted by molar-refractivity contribution is 0.102. The zero-order chi connectivity index (χ0) is 16.9. The molecule has 1 aromatic heterocycles. The van der Waals surface area contributed by atoms with Gasteiger partial charge in [-0.3, -0.25) is 4.79 Å². The first kappa shape index (κ1) is 15.7. The van der Waals surface area contributed by atoms with Crippen molar-refractivity contribution in [2.24, 2.45) is 0 Å². The van der Waals surface area contributed by atoms with E-state index in [4.69, 9.17) is 0 Å². The van der Waals surface area contributed by atoms with Gasteiger partial charge in [0.1, 0.15) is 11.6 Å². The van der Waals surface area contributed by atoms with Crippen molar-refractivity contribution in [3.8, 4) is 0 Å². The fraction of sp³-hybridized carbons (Fsp3) is 0.0526. The Morgan fingerprint density at radius 3 is 2.42 bits per heavy atom. The van der Waals surface area contributed by atoms with Crippen molar-refractivity contribution in [3.63, 3.8) is 0 Å². The summed E-state index contributed by atoms with van der Waals surface area (Å²) in [5, 5.41) is 5.95. The normalized spacial score (nSPS) is 10.2. The zero-order valence-corrected chi connectivity index (χ0v) is 13.1. The highest BCUT2D eigenvalue weighted by Gasteiger charge is 2.07. The molecule has 0 aliphatic heterocycles. The maximum Gasteiger partial charge on any atom is 0.256 e. The lowest BCUT2D eigenvalue weighted by Crippen LogP contribution is -2.12. The number of halogens is 1. The molecule has 0 aliphatic carbocycles. The Balaban J connectivity index is 1.67. The quantitative estimate of drug-likeness (QED) is 0.742. The number of nitrogens with zero attached hydrogens (tertiary/aromatic N) is 1. The van der Waals surface area contributed by atoms with Crippen molar-refractivity contribution >= 4 is 23.1 Å². The van der Waals surface area contributed by atoms with Crippen LogP contribution in [0, 0.1) is 12.7 Å². The van der Waals surface area contributed by atoms with Crippen molar-refractivity contribution in [2.75, 3.05) is 10.6 Å².